The Bertz CT molecular complexity index is 3770. The third-order valence-corrected chi connectivity index (χ3v) is 14.7. The van der Waals surface area contributed by atoms with E-state index in [4.69, 9.17) is 0 Å². The molecule has 2 heteroatoms. The lowest BCUT2D eigenvalue weighted by molar-refractivity contribution is 0.768. The minimum atomic E-state index is -0.599. The van der Waals surface area contributed by atoms with Gasteiger partial charge in [0.2, 0.25) is 0 Å². The molecule has 1 aliphatic carbocycles. The van der Waals surface area contributed by atoms with E-state index in [1.807, 2.05) is 0 Å². The number of hydrogen-bond donors (Lipinski definition) is 0. The Balaban J connectivity index is 1.07. The van der Waals surface area contributed by atoms with Gasteiger partial charge >= 0.3 is 0 Å². The van der Waals surface area contributed by atoms with Gasteiger partial charge in [0.25, 0.3) is 0 Å². The minimum absolute atomic E-state index is 0.599. The number of hydrogen-bond acceptors (Lipinski definition) is 2. The first-order valence-corrected chi connectivity index (χ1v) is 25.2. The van der Waals surface area contributed by atoms with Gasteiger partial charge in [0.05, 0.1) is 11.1 Å². The highest BCUT2D eigenvalue weighted by molar-refractivity contribution is 5.99. The van der Waals surface area contributed by atoms with Crippen molar-refractivity contribution in [3.05, 3.63) is 326 Å². The zero-order valence-corrected chi connectivity index (χ0v) is 40.3. The number of nitrogens with zero attached hydrogens (tertiary/aromatic N) is 2. The van der Waals surface area contributed by atoms with Crippen LogP contribution in [0, 0.1) is 0 Å². The fourth-order valence-corrected chi connectivity index (χ4v) is 11.4. The second-order valence-corrected chi connectivity index (χ2v) is 18.8. The molecule has 0 bridgehead atoms. The Hall–Kier alpha value is -9.50. The smallest absolute Gasteiger partial charge is 0.0714 e. The van der Waals surface area contributed by atoms with Gasteiger partial charge in [0.1, 0.15) is 0 Å². The predicted octanol–water partition coefficient (Wildman–Crippen LogP) is 19.1. The van der Waals surface area contributed by atoms with Crippen molar-refractivity contribution in [2.75, 3.05) is 9.80 Å². The van der Waals surface area contributed by atoms with Crippen molar-refractivity contribution in [1.82, 2.24) is 0 Å². The molecule has 0 fully saturated rings. The Morgan fingerprint density at radius 1 is 0.233 bits per heavy atom. The summed E-state index contributed by atoms with van der Waals surface area (Å²) >= 11 is 0. The second kappa shape index (κ2) is 18.7. The lowest BCUT2D eigenvalue weighted by Gasteiger charge is -2.35. The predicted molar refractivity (Wildman–Crippen MR) is 307 cm³/mol. The van der Waals surface area contributed by atoms with Crippen LogP contribution in [0.3, 0.4) is 0 Å². The summed E-state index contributed by atoms with van der Waals surface area (Å²) in [6.07, 6.45) is 0. The van der Waals surface area contributed by atoms with E-state index in [2.05, 4.69) is 313 Å². The maximum absolute atomic E-state index is 2.52. The van der Waals surface area contributed by atoms with Gasteiger partial charge < -0.3 is 9.80 Å². The highest BCUT2D eigenvalue weighted by Crippen LogP contribution is 2.59. The van der Waals surface area contributed by atoms with E-state index in [1.54, 1.807) is 0 Å². The van der Waals surface area contributed by atoms with Gasteiger partial charge in [-0.05, 0) is 145 Å². The average Bonchev–Trinajstić information content (AvgIpc) is 3.77. The topological polar surface area (TPSA) is 6.48 Å². The van der Waals surface area contributed by atoms with E-state index in [0.29, 0.717) is 0 Å². The second-order valence-electron chi connectivity index (χ2n) is 18.8. The molecule has 0 aromatic heterocycles. The molecular weight excluding hydrogens is 881 g/mol. The summed E-state index contributed by atoms with van der Waals surface area (Å²) in [7, 11) is 0. The fourth-order valence-electron chi connectivity index (χ4n) is 11.4. The van der Waals surface area contributed by atoms with Crippen molar-refractivity contribution in [3.63, 3.8) is 0 Å². The molecule has 0 aliphatic heterocycles. The molecule has 0 N–H and O–H groups in total. The minimum Gasteiger partial charge on any atom is -0.311 e. The van der Waals surface area contributed by atoms with Crippen molar-refractivity contribution in [3.8, 4) is 44.5 Å². The first-order valence-electron chi connectivity index (χ1n) is 25.2. The van der Waals surface area contributed by atoms with Crippen LogP contribution in [0.1, 0.15) is 22.3 Å². The number of fused-ring (bicyclic) bond motifs is 4. The van der Waals surface area contributed by atoms with Gasteiger partial charge in [0.15, 0.2) is 0 Å². The number of benzene rings is 12. The van der Waals surface area contributed by atoms with Crippen LogP contribution >= 0.6 is 0 Å². The van der Waals surface area contributed by atoms with Crippen LogP contribution in [0.2, 0.25) is 0 Å². The lowest BCUT2D eigenvalue weighted by Crippen LogP contribution is -2.28. The molecule has 344 valence electrons. The van der Waals surface area contributed by atoms with Crippen LogP contribution in [-0.2, 0) is 5.41 Å². The average molecular weight is 931 g/mol. The molecule has 73 heavy (non-hydrogen) atoms. The van der Waals surface area contributed by atoms with Crippen LogP contribution in [0.15, 0.2) is 303 Å². The Labute approximate surface area is 428 Å². The van der Waals surface area contributed by atoms with Crippen molar-refractivity contribution < 1.29 is 0 Å². The SMILES string of the molecule is c1ccc(-c2ccc(N(c3ccc(-c4cccc5ccccc45)cc3)c3cc4c(cc3-c3ccc(N(c5ccccc5)c5ccccc5)cc3)-c3ccccc3C4(c3ccccc3)c3ccccc3)cc2)cc1. The van der Waals surface area contributed by atoms with Crippen LogP contribution in [-0.4, -0.2) is 0 Å². The molecule has 12 aromatic carbocycles. The van der Waals surface area contributed by atoms with Crippen LogP contribution in [0.25, 0.3) is 55.3 Å². The maximum atomic E-state index is 2.52. The van der Waals surface area contributed by atoms with Gasteiger partial charge in [-0.2, -0.15) is 0 Å². The van der Waals surface area contributed by atoms with Crippen molar-refractivity contribution >= 4 is 44.9 Å². The van der Waals surface area contributed by atoms with E-state index in [-0.39, 0.29) is 0 Å². The van der Waals surface area contributed by atoms with E-state index in [9.17, 15) is 0 Å². The number of anilines is 6. The summed E-state index contributed by atoms with van der Waals surface area (Å²) in [6.45, 7) is 0. The van der Waals surface area contributed by atoms with Crippen LogP contribution < -0.4 is 9.80 Å². The van der Waals surface area contributed by atoms with Crippen molar-refractivity contribution in [2.24, 2.45) is 0 Å². The molecule has 13 rings (SSSR count). The first kappa shape index (κ1) is 43.5. The third kappa shape index (κ3) is 7.69. The van der Waals surface area contributed by atoms with Gasteiger partial charge in [-0.1, -0.05) is 231 Å². The van der Waals surface area contributed by atoms with E-state index >= 15 is 0 Å². The van der Waals surface area contributed by atoms with Gasteiger partial charge in [-0.3, -0.25) is 0 Å². The summed E-state index contributed by atoms with van der Waals surface area (Å²) in [5, 5.41) is 2.47. The molecule has 1 aliphatic rings. The van der Waals surface area contributed by atoms with E-state index < -0.39 is 5.41 Å². The monoisotopic (exact) mass is 930 g/mol. The summed E-state index contributed by atoms with van der Waals surface area (Å²) < 4.78 is 0. The molecule has 0 saturated heterocycles. The Kier molecular flexibility index (Phi) is 11.1. The molecular formula is C71H50N2. The third-order valence-electron chi connectivity index (χ3n) is 14.7. The molecule has 12 aromatic rings. The highest BCUT2D eigenvalue weighted by Gasteiger charge is 2.47. The zero-order valence-electron chi connectivity index (χ0n) is 40.3. The summed E-state index contributed by atoms with van der Waals surface area (Å²) in [4.78, 5) is 4.81. The van der Waals surface area contributed by atoms with E-state index in [1.165, 1.54) is 66.4 Å². The fraction of sp³-hybridized carbons (Fsp3) is 0.0141. The van der Waals surface area contributed by atoms with E-state index in [0.717, 1.165) is 45.3 Å². The van der Waals surface area contributed by atoms with Gasteiger partial charge in [-0.15, -0.1) is 0 Å². The zero-order chi connectivity index (χ0) is 48.6. The molecule has 0 amide bonds. The normalized spacial score (nSPS) is 12.2. The summed E-state index contributed by atoms with van der Waals surface area (Å²) in [5.41, 5.74) is 20.4. The standard InChI is InChI=1S/C71H50N2/c1-6-21-51(22-7-1)52-37-43-61(44-38-52)73(62-47-39-54(40-48-62)64-35-20-24-53-23-16-17-33-63(53)64)70-50-69-67(65-34-18-19-36-68(65)71(69,56-25-8-2-9-26-56)57-27-10-3-11-28-57)49-66(70)55-41-45-60(46-42-55)72(58-29-12-4-13-30-58)59-31-14-5-15-32-59/h1-50H. The molecule has 0 unspecified atom stereocenters. The number of rotatable bonds is 11. The van der Waals surface area contributed by atoms with Gasteiger partial charge in [-0.25, -0.2) is 0 Å². The summed E-state index contributed by atoms with van der Waals surface area (Å²) in [6, 6.07) is 111. The summed E-state index contributed by atoms with van der Waals surface area (Å²) in [5.74, 6) is 0. The van der Waals surface area contributed by atoms with Crippen LogP contribution in [0.4, 0.5) is 34.1 Å². The Morgan fingerprint density at radius 3 is 1.23 bits per heavy atom. The quantitative estimate of drug-likeness (QED) is 0.128. The highest BCUT2D eigenvalue weighted by atomic mass is 15.1. The molecule has 0 radical (unpaired) electrons. The number of para-hydroxylation sites is 2. The molecule has 0 atom stereocenters. The maximum Gasteiger partial charge on any atom is 0.0714 e. The lowest BCUT2D eigenvalue weighted by atomic mass is 9.67. The van der Waals surface area contributed by atoms with Gasteiger partial charge in [0, 0.05) is 34.0 Å². The van der Waals surface area contributed by atoms with Crippen molar-refractivity contribution in [2.45, 2.75) is 5.41 Å². The first-order chi connectivity index (χ1) is 36.2. The molecule has 0 heterocycles. The molecule has 2 nitrogen and oxygen atoms in total. The largest absolute Gasteiger partial charge is 0.311 e. The molecule has 0 spiro atoms. The Morgan fingerprint density at radius 2 is 0.644 bits per heavy atom. The molecule has 0 saturated carbocycles. The van der Waals surface area contributed by atoms with Crippen LogP contribution in [0.5, 0.6) is 0 Å². The van der Waals surface area contributed by atoms with Crippen molar-refractivity contribution in [1.29, 1.82) is 0 Å².